The number of carbonyl (C=O) groups excluding carboxylic acids is 1. The Labute approximate surface area is 136 Å². The first-order chi connectivity index (χ1) is 11.0. The Morgan fingerprint density at radius 2 is 1.83 bits per heavy atom. The van der Waals surface area contributed by atoms with E-state index in [9.17, 15) is 9.90 Å². The van der Waals surface area contributed by atoms with Crippen LogP contribution < -0.4 is 10.2 Å². The minimum absolute atomic E-state index is 0.0297. The van der Waals surface area contributed by atoms with E-state index in [1.54, 1.807) is 12.1 Å². The van der Waals surface area contributed by atoms with E-state index in [0.29, 0.717) is 5.56 Å². The third-order valence-electron chi connectivity index (χ3n) is 3.55. The number of benzene rings is 2. The van der Waals surface area contributed by atoms with E-state index >= 15 is 0 Å². The minimum Gasteiger partial charge on any atom is -0.394 e. The zero-order chi connectivity index (χ0) is 16.8. The largest absolute Gasteiger partial charge is 0.394 e. The van der Waals surface area contributed by atoms with Crippen LogP contribution in [0.1, 0.15) is 10.4 Å². The van der Waals surface area contributed by atoms with Crippen molar-refractivity contribution in [2.24, 2.45) is 0 Å². The van der Waals surface area contributed by atoms with Crippen LogP contribution in [0.3, 0.4) is 0 Å². The van der Waals surface area contributed by atoms with Crippen LogP contribution in [0.2, 0.25) is 0 Å². The molecule has 5 heteroatoms. The molecule has 0 radical (unpaired) electrons. The van der Waals surface area contributed by atoms with Gasteiger partial charge in [-0.15, -0.1) is 0 Å². The highest BCUT2D eigenvalue weighted by molar-refractivity contribution is 5.94. The molecule has 1 atom stereocenters. The number of anilines is 1. The van der Waals surface area contributed by atoms with Crippen molar-refractivity contribution < 1.29 is 15.0 Å². The Hall–Kier alpha value is -2.37. The summed E-state index contributed by atoms with van der Waals surface area (Å²) in [5.74, 6) is -0.272. The second-order valence-corrected chi connectivity index (χ2v) is 5.57. The smallest absolute Gasteiger partial charge is 0.251 e. The number of nitrogens with zero attached hydrogens (tertiary/aromatic N) is 1. The molecule has 0 saturated carbocycles. The van der Waals surface area contributed by atoms with E-state index in [1.807, 2.05) is 49.3 Å². The third kappa shape index (κ3) is 4.55. The molecule has 23 heavy (non-hydrogen) atoms. The molecule has 0 aliphatic carbocycles. The van der Waals surface area contributed by atoms with Crippen LogP contribution in [0.15, 0.2) is 48.5 Å². The maximum Gasteiger partial charge on any atom is 0.251 e. The van der Waals surface area contributed by atoms with Crippen LogP contribution in [0.5, 0.6) is 0 Å². The molecule has 0 unspecified atom stereocenters. The summed E-state index contributed by atoms with van der Waals surface area (Å²) in [6.07, 6.45) is -0.938. The van der Waals surface area contributed by atoms with Crippen molar-refractivity contribution in [3.63, 3.8) is 0 Å². The van der Waals surface area contributed by atoms with Gasteiger partial charge in [-0.3, -0.25) is 4.79 Å². The molecule has 0 aliphatic heterocycles. The van der Waals surface area contributed by atoms with Crippen LogP contribution in [0.4, 0.5) is 5.69 Å². The SMILES string of the molecule is CN(C)c1cccc(-c2ccc(C(=O)NC[C@@H](O)CO)cc2)c1. The lowest BCUT2D eigenvalue weighted by atomic mass is 10.0. The number of aliphatic hydroxyl groups excluding tert-OH is 2. The van der Waals surface area contributed by atoms with Gasteiger partial charge in [0.1, 0.15) is 0 Å². The Morgan fingerprint density at radius 1 is 1.13 bits per heavy atom. The van der Waals surface area contributed by atoms with Gasteiger partial charge in [0.15, 0.2) is 0 Å². The maximum atomic E-state index is 11.9. The molecule has 0 spiro atoms. The molecular weight excluding hydrogens is 292 g/mol. The fraction of sp³-hybridized carbons (Fsp3) is 0.278. The standard InChI is InChI=1S/C18H22N2O3/c1-20(2)16-5-3-4-15(10-16)13-6-8-14(9-7-13)18(23)19-11-17(22)12-21/h3-10,17,21-22H,11-12H2,1-2H3,(H,19,23)/t17-/m1/s1. The van der Waals surface area contributed by atoms with Crippen molar-refractivity contribution >= 4 is 11.6 Å². The first-order valence-corrected chi connectivity index (χ1v) is 7.46. The summed E-state index contributed by atoms with van der Waals surface area (Å²) in [4.78, 5) is 14.0. The summed E-state index contributed by atoms with van der Waals surface area (Å²) in [5.41, 5.74) is 3.74. The van der Waals surface area contributed by atoms with Crippen LogP contribution in [-0.2, 0) is 0 Å². The number of amides is 1. The molecular formula is C18H22N2O3. The van der Waals surface area contributed by atoms with Gasteiger partial charge in [-0.25, -0.2) is 0 Å². The molecule has 0 heterocycles. The summed E-state index contributed by atoms with van der Waals surface area (Å²) in [7, 11) is 3.99. The topological polar surface area (TPSA) is 72.8 Å². The Balaban J connectivity index is 2.10. The van der Waals surface area contributed by atoms with E-state index < -0.39 is 6.10 Å². The molecule has 0 aromatic heterocycles. The van der Waals surface area contributed by atoms with E-state index in [4.69, 9.17) is 5.11 Å². The lowest BCUT2D eigenvalue weighted by Crippen LogP contribution is -2.33. The summed E-state index contributed by atoms with van der Waals surface area (Å²) in [6.45, 7) is -0.344. The lowest BCUT2D eigenvalue weighted by Gasteiger charge is -2.14. The molecule has 5 nitrogen and oxygen atoms in total. The lowest BCUT2D eigenvalue weighted by molar-refractivity contribution is 0.0802. The highest BCUT2D eigenvalue weighted by atomic mass is 16.3. The van der Waals surface area contributed by atoms with Gasteiger partial charge in [-0.05, 0) is 35.4 Å². The van der Waals surface area contributed by atoms with Crippen LogP contribution in [0.25, 0.3) is 11.1 Å². The number of nitrogens with one attached hydrogen (secondary N) is 1. The van der Waals surface area contributed by atoms with Gasteiger partial charge in [0.2, 0.25) is 0 Å². The predicted molar refractivity (Wildman–Crippen MR) is 91.6 cm³/mol. The zero-order valence-electron chi connectivity index (χ0n) is 13.4. The van der Waals surface area contributed by atoms with Gasteiger partial charge in [-0.1, -0.05) is 24.3 Å². The van der Waals surface area contributed by atoms with Crippen LogP contribution in [-0.4, -0.2) is 49.5 Å². The highest BCUT2D eigenvalue weighted by Gasteiger charge is 2.08. The summed E-state index contributed by atoms with van der Waals surface area (Å²) < 4.78 is 0. The molecule has 3 N–H and O–H groups in total. The average Bonchev–Trinajstić information content (AvgIpc) is 2.59. The molecule has 0 saturated heterocycles. The maximum absolute atomic E-state index is 11.9. The molecule has 2 rings (SSSR count). The Bertz CT molecular complexity index is 654. The fourth-order valence-corrected chi connectivity index (χ4v) is 2.15. The molecule has 2 aromatic carbocycles. The molecule has 2 aromatic rings. The molecule has 0 bridgehead atoms. The summed E-state index contributed by atoms with van der Waals surface area (Å²) >= 11 is 0. The van der Waals surface area contributed by atoms with Crippen LogP contribution >= 0.6 is 0 Å². The molecule has 0 fully saturated rings. The predicted octanol–water partition coefficient (Wildman–Crippen LogP) is 1.50. The average molecular weight is 314 g/mol. The minimum atomic E-state index is -0.938. The fourth-order valence-electron chi connectivity index (χ4n) is 2.15. The van der Waals surface area contributed by atoms with Crippen molar-refractivity contribution in [1.82, 2.24) is 5.32 Å². The molecule has 1 amide bonds. The normalized spacial score (nSPS) is 11.8. The number of hydrogen-bond donors (Lipinski definition) is 3. The van der Waals surface area contributed by atoms with E-state index in [0.717, 1.165) is 16.8 Å². The molecule has 122 valence electrons. The monoisotopic (exact) mass is 314 g/mol. The van der Waals surface area contributed by atoms with Crippen molar-refractivity contribution in [1.29, 1.82) is 0 Å². The third-order valence-corrected chi connectivity index (χ3v) is 3.55. The van der Waals surface area contributed by atoms with Crippen molar-refractivity contribution in [2.45, 2.75) is 6.10 Å². The number of rotatable bonds is 6. The van der Waals surface area contributed by atoms with Gasteiger partial charge in [0.25, 0.3) is 5.91 Å². The van der Waals surface area contributed by atoms with Gasteiger partial charge in [0, 0.05) is 31.9 Å². The highest BCUT2D eigenvalue weighted by Crippen LogP contribution is 2.24. The van der Waals surface area contributed by atoms with Gasteiger partial charge in [0.05, 0.1) is 12.7 Å². The van der Waals surface area contributed by atoms with Gasteiger partial charge < -0.3 is 20.4 Å². The van der Waals surface area contributed by atoms with Crippen LogP contribution in [0, 0.1) is 0 Å². The Kier molecular flexibility index (Phi) is 5.73. The van der Waals surface area contributed by atoms with Gasteiger partial charge >= 0.3 is 0 Å². The second kappa shape index (κ2) is 7.76. The zero-order valence-corrected chi connectivity index (χ0v) is 13.4. The molecule has 0 aliphatic rings. The van der Waals surface area contributed by atoms with Crippen molar-refractivity contribution in [3.05, 3.63) is 54.1 Å². The first kappa shape index (κ1) is 17.0. The second-order valence-electron chi connectivity index (χ2n) is 5.57. The van der Waals surface area contributed by atoms with E-state index in [2.05, 4.69) is 11.4 Å². The number of aliphatic hydroxyl groups is 2. The Morgan fingerprint density at radius 3 is 2.43 bits per heavy atom. The van der Waals surface area contributed by atoms with Crippen molar-refractivity contribution in [2.75, 3.05) is 32.1 Å². The first-order valence-electron chi connectivity index (χ1n) is 7.46. The quantitative estimate of drug-likeness (QED) is 0.755. The summed E-state index contributed by atoms with van der Waals surface area (Å²) in [5, 5.41) is 20.6. The number of hydrogen-bond acceptors (Lipinski definition) is 4. The van der Waals surface area contributed by atoms with Gasteiger partial charge in [-0.2, -0.15) is 0 Å². The number of carbonyl (C=O) groups is 1. The van der Waals surface area contributed by atoms with Crippen molar-refractivity contribution in [3.8, 4) is 11.1 Å². The van der Waals surface area contributed by atoms with E-state index in [-0.39, 0.29) is 19.1 Å². The van der Waals surface area contributed by atoms with E-state index in [1.165, 1.54) is 0 Å². The summed E-state index contributed by atoms with van der Waals surface area (Å²) in [6, 6.07) is 15.4.